The van der Waals surface area contributed by atoms with Gasteiger partial charge in [0.15, 0.2) is 0 Å². The second-order valence-corrected chi connectivity index (χ2v) is 16.1. The van der Waals surface area contributed by atoms with Gasteiger partial charge in [0.2, 0.25) is 0 Å². The van der Waals surface area contributed by atoms with Crippen LogP contribution in [0.4, 0.5) is 4.79 Å². The van der Waals surface area contributed by atoms with Gasteiger partial charge in [-0.1, -0.05) is 20.4 Å². The average Bonchev–Trinajstić information content (AvgIpc) is 3.43. The van der Waals surface area contributed by atoms with Crippen molar-refractivity contribution in [3.63, 3.8) is 0 Å². The number of aromatic nitrogens is 2. The number of carbonyl (C=O) groups is 3. The van der Waals surface area contributed by atoms with E-state index in [-0.39, 0.29) is 23.7 Å². The van der Waals surface area contributed by atoms with E-state index in [9.17, 15) is 19.2 Å². The highest BCUT2D eigenvalue weighted by Gasteiger charge is 2.43. The van der Waals surface area contributed by atoms with Crippen molar-refractivity contribution in [2.75, 3.05) is 13.6 Å². The summed E-state index contributed by atoms with van der Waals surface area (Å²) >= 11 is 0. The van der Waals surface area contributed by atoms with E-state index < -0.39 is 34.8 Å². The molecule has 5 rings (SSSR count). The van der Waals surface area contributed by atoms with Gasteiger partial charge < -0.3 is 28.4 Å². The van der Waals surface area contributed by atoms with Crippen molar-refractivity contribution in [2.24, 2.45) is 0 Å². The molecule has 1 unspecified atom stereocenters. The molecule has 3 aromatic rings. The third-order valence-corrected chi connectivity index (χ3v) is 9.83. The van der Waals surface area contributed by atoms with Crippen molar-refractivity contribution < 1.29 is 33.3 Å². The van der Waals surface area contributed by atoms with Crippen molar-refractivity contribution in [3.05, 3.63) is 69.0 Å². The van der Waals surface area contributed by atoms with Gasteiger partial charge in [0.25, 0.3) is 5.56 Å². The number of fused-ring (bicyclic) bond motifs is 5. The van der Waals surface area contributed by atoms with Crippen LogP contribution >= 0.6 is 0 Å². The number of rotatable bonds is 11. The summed E-state index contributed by atoms with van der Waals surface area (Å²) < 4.78 is 24.8. The van der Waals surface area contributed by atoms with E-state index in [2.05, 4.69) is 13.5 Å². The quantitative estimate of drug-likeness (QED) is 0.0676. The molecule has 11 nitrogen and oxygen atoms in total. The molecular formula is C41H53N3O8. The molecule has 0 bridgehead atoms. The van der Waals surface area contributed by atoms with E-state index in [1.807, 2.05) is 58.9 Å². The first-order chi connectivity index (χ1) is 24.3. The van der Waals surface area contributed by atoms with E-state index in [4.69, 9.17) is 23.9 Å². The highest BCUT2D eigenvalue weighted by Crippen LogP contribution is 2.41. The average molecular weight is 716 g/mol. The fourth-order valence-electron chi connectivity index (χ4n) is 6.83. The second kappa shape index (κ2) is 14.4. The highest BCUT2D eigenvalue weighted by molar-refractivity contribution is 5.91. The van der Waals surface area contributed by atoms with Gasteiger partial charge in [-0.05, 0) is 116 Å². The molecule has 0 saturated carbocycles. The number of cyclic esters (lactones) is 1. The summed E-state index contributed by atoms with van der Waals surface area (Å²) in [4.78, 5) is 58.9. The first-order valence-corrected chi connectivity index (χ1v) is 18.2. The van der Waals surface area contributed by atoms with Crippen molar-refractivity contribution >= 4 is 28.9 Å². The molecule has 0 saturated heterocycles. The predicted molar refractivity (Wildman–Crippen MR) is 199 cm³/mol. The van der Waals surface area contributed by atoms with Gasteiger partial charge >= 0.3 is 18.0 Å². The van der Waals surface area contributed by atoms with Crippen LogP contribution in [0.25, 0.3) is 22.3 Å². The van der Waals surface area contributed by atoms with Gasteiger partial charge in [0.05, 0.1) is 40.0 Å². The molecule has 1 aromatic carbocycles. The Morgan fingerprint density at radius 2 is 1.73 bits per heavy atom. The van der Waals surface area contributed by atoms with Crippen LogP contribution in [0.15, 0.2) is 41.2 Å². The summed E-state index contributed by atoms with van der Waals surface area (Å²) in [5, 5.41) is 0.891. The fraction of sp³-hybridized carbons (Fsp3) is 0.537. The summed E-state index contributed by atoms with van der Waals surface area (Å²) in [6, 6.07) is 7.61. The van der Waals surface area contributed by atoms with Crippen LogP contribution in [0.3, 0.4) is 0 Å². The Morgan fingerprint density at radius 3 is 2.37 bits per heavy atom. The number of nitrogens with zero attached hydrogens (tertiary/aromatic N) is 3. The molecule has 0 N–H and O–H groups in total. The lowest BCUT2D eigenvalue weighted by Gasteiger charge is -2.33. The number of unbranched alkanes of at least 4 members (excludes halogenated alkanes) is 1. The number of aryl methyl sites for hydroxylation is 1. The minimum atomic E-state index is -0.907. The number of pyridine rings is 2. The zero-order chi connectivity index (χ0) is 38.3. The van der Waals surface area contributed by atoms with Crippen LogP contribution in [0.1, 0.15) is 110 Å². The molecule has 11 heteroatoms. The van der Waals surface area contributed by atoms with Crippen molar-refractivity contribution in [1.29, 1.82) is 0 Å². The lowest BCUT2D eigenvalue weighted by atomic mass is 9.76. The van der Waals surface area contributed by atoms with Crippen molar-refractivity contribution in [1.82, 2.24) is 14.5 Å². The van der Waals surface area contributed by atoms with Crippen LogP contribution in [0.5, 0.6) is 5.75 Å². The maximum Gasteiger partial charge on any atom is 0.410 e. The number of hydrogen-bond donors (Lipinski definition) is 0. The number of carbonyl (C=O) groups excluding carboxylic acids is 3. The monoisotopic (exact) mass is 715 g/mol. The molecule has 2 aliphatic rings. The number of ether oxygens (including phenoxy) is 4. The van der Waals surface area contributed by atoms with E-state index in [1.165, 1.54) is 0 Å². The Morgan fingerprint density at radius 1 is 1.04 bits per heavy atom. The summed E-state index contributed by atoms with van der Waals surface area (Å²) in [5.74, 6) is -0.309. The van der Waals surface area contributed by atoms with Crippen LogP contribution in [-0.2, 0) is 48.8 Å². The zero-order valence-electron chi connectivity index (χ0n) is 32.4. The van der Waals surface area contributed by atoms with Gasteiger partial charge in [-0.15, -0.1) is 0 Å². The molecule has 0 aliphatic carbocycles. The summed E-state index contributed by atoms with van der Waals surface area (Å²) in [6.07, 6.45) is 1.89. The molecule has 4 heterocycles. The lowest BCUT2D eigenvalue weighted by Crippen LogP contribution is -2.42. The van der Waals surface area contributed by atoms with E-state index in [1.54, 1.807) is 37.3 Å². The largest absolute Gasteiger partial charge is 0.485 e. The summed E-state index contributed by atoms with van der Waals surface area (Å²) in [6.45, 7) is 21.6. The van der Waals surface area contributed by atoms with E-state index in [0.29, 0.717) is 67.8 Å². The fourth-order valence-corrected chi connectivity index (χ4v) is 6.83. The van der Waals surface area contributed by atoms with Gasteiger partial charge in [0.1, 0.15) is 29.7 Å². The SMILES string of the molecule is C=C(C(=O)OC(C)(C)C)C(CCCCN(C)C(=O)OC(C)(C)C)Oc1ccc2nc3c(c(CC)c2c1)Cn1c-3cc2c(c1=O)COC(=O)[C@]2(C)CC. The Balaban J connectivity index is 1.44. The summed E-state index contributed by atoms with van der Waals surface area (Å²) in [7, 11) is 1.70. The first-order valence-electron chi connectivity index (χ1n) is 18.2. The van der Waals surface area contributed by atoms with Crippen LogP contribution < -0.4 is 10.3 Å². The van der Waals surface area contributed by atoms with Crippen LogP contribution in [0, 0.1) is 0 Å². The first kappa shape index (κ1) is 38.6. The number of amides is 1. The Labute approximate surface area is 306 Å². The molecule has 0 spiro atoms. The maximum absolute atomic E-state index is 13.8. The zero-order valence-corrected chi connectivity index (χ0v) is 32.4. The second-order valence-electron chi connectivity index (χ2n) is 16.1. The standard InChI is InChI=1S/C41H53N3O8/c1-12-26-27-20-25(50-33(24(3)36(46)51-39(4,5)6)16-14-15-19-43(11)38(48)52-40(7,8)9)17-18-31(27)42-34-28(26)22-44-32(34)21-30-29(35(44)45)23-49-37(47)41(30,10)13-2/h17-18,20-21,33H,3,12-16,19,22-23H2,1-2,4-11H3/t33?,41-/m1/s1. The maximum atomic E-state index is 13.8. The molecule has 0 fully saturated rings. The molecule has 52 heavy (non-hydrogen) atoms. The van der Waals surface area contributed by atoms with Gasteiger partial charge in [-0.2, -0.15) is 0 Å². The molecule has 0 radical (unpaired) electrons. The Hall–Kier alpha value is -4.67. The molecule has 280 valence electrons. The molecule has 2 atom stereocenters. The number of benzene rings is 1. The van der Waals surface area contributed by atoms with Crippen LogP contribution in [-0.4, -0.2) is 63.4 Å². The molecule has 2 aromatic heterocycles. The van der Waals surface area contributed by atoms with E-state index >= 15 is 0 Å². The third kappa shape index (κ3) is 7.73. The minimum Gasteiger partial charge on any atom is -0.485 e. The van der Waals surface area contributed by atoms with Crippen molar-refractivity contribution in [2.45, 2.75) is 130 Å². The van der Waals surface area contributed by atoms with E-state index in [0.717, 1.165) is 27.7 Å². The molecule has 1 amide bonds. The summed E-state index contributed by atoms with van der Waals surface area (Å²) in [5.41, 5.74) is 3.28. The Kier molecular flexibility index (Phi) is 10.7. The van der Waals surface area contributed by atoms with Gasteiger partial charge in [-0.3, -0.25) is 9.59 Å². The lowest BCUT2D eigenvalue weighted by molar-refractivity contribution is -0.154. The highest BCUT2D eigenvalue weighted by atomic mass is 16.6. The minimum absolute atomic E-state index is 0.0356. The third-order valence-electron chi connectivity index (χ3n) is 9.83. The van der Waals surface area contributed by atoms with Crippen molar-refractivity contribution in [3.8, 4) is 17.1 Å². The normalized spacial score (nSPS) is 17.1. The predicted octanol–water partition coefficient (Wildman–Crippen LogP) is 7.39. The number of hydrogen-bond acceptors (Lipinski definition) is 9. The smallest absolute Gasteiger partial charge is 0.410 e. The number of esters is 2. The van der Waals surface area contributed by atoms with Gasteiger partial charge in [-0.25, -0.2) is 14.6 Å². The molecular weight excluding hydrogens is 662 g/mol. The van der Waals surface area contributed by atoms with Gasteiger partial charge in [0, 0.05) is 24.5 Å². The van der Waals surface area contributed by atoms with Crippen LogP contribution in [0.2, 0.25) is 0 Å². The molecule has 2 aliphatic heterocycles. The Bertz CT molecular complexity index is 1980. The topological polar surface area (TPSA) is 126 Å².